The molecule has 2 aromatic rings. The van der Waals surface area contributed by atoms with E-state index in [2.05, 4.69) is 15.2 Å². The zero-order valence-electron chi connectivity index (χ0n) is 26.2. The first-order valence-corrected chi connectivity index (χ1v) is 15.5. The van der Waals surface area contributed by atoms with Crippen molar-refractivity contribution in [2.45, 2.75) is 65.3 Å². The van der Waals surface area contributed by atoms with Crippen LogP contribution in [-0.4, -0.2) is 49.3 Å². The van der Waals surface area contributed by atoms with Gasteiger partial charge in [-0.05, 0) is 75.4 Å². The molecule has 1 aliphatic heterocycles. The fourth-order valence-electron chi connectivity index (χ4n) is 5.20. The number of anilines is 2. The van der Waals surface area contributed by atoms with E-state index >= 15 is 0 Å². The zero-order valence-corrected chi connectivity index (χ0v) is 26.2. The summed E-state index contributed by atoms with van der Waals surface area (Å²) in [6.07, 6.45) is 10.6. The van der Waals surface area contributed by atoms with E-state index in [1.807, 2.05) is 68.5 Å². The number of nitrogens with one attached hydrogen (secondary N) is 1. The molecule has 4 rings (SSSR count). The van der Waals surface area contributed by atoms with Crippen molar-refractivity contribution in [1.29, 1.82) is 0 Å². The molecule has 1 atom stereocenters. The van der Waals surface area contributed by atoms with E-state index < -0.39 is 11.7 Å². The van der Waals surface area contributed by atoms with Crippen LogP contribution in [0.2, 0.25) is 0 Å². The summed E-state index contributed by atoms with van der Waals surface area (Å²) in [5, 5.41) is 3.50. The third-order valence-electron chi connectivity index (χ3n) is 7.42. The maximum Gasteiger partial charge on any atom is 0.237 e. The molecule has 0 bridgehead atoms. The minimum absolute atomic E-state index is 0.0241. The number of hydrogen-bond acceptors (Lipinski definition) is 7. The van der Waals surface area contributed by atoms with Crippen LogP contribution >= 0.6 is 0 Å². The summed E-state index contributed by atoms with van der Waals surface area (Å²) in [7, 11) is 1.59. The summed E-state index contributed by atoms with van der Waals surface area (Å²) in [4.78, 5) is 16.6. The van der Waals surface area contributed by atoms with Gasteiger partial charge in [0.2, 0.25) is 5.88 Å². The quantitative estimate of drug-likeness (QED) is 0.246. The SMILES string of the molecule is CCN=C1C=C(Nc2cccnc2OC)C(=NC2CCCOCC2)C=C1N(/C(=C/C/C(F)=C(/F)CC)CC)c1ccccc1. The van der Waals surface area contributed by atoms with Gasteiger partial charge in [0.05, 0.1) is 36.0 Å². The molecule has 1 saturated heterocycles. The monoisotopic (exact) mass is 603 g/mol. The highest BCUT2D eigenvalue weighted by Gasteiger charge is 2.27. The number of ether oxygens (including phenoxy) is 2. The van der Waals surface area contributed by atoms with E-state index in [1.54, 1.807) is 26.3 Å². The zero-order chi connectivity index (χ0) is 31.3. The Morgan fingerprint density at radius 2 is 1.84 bits per heavy atom. The molecule has 0 spiro atoms. The molecular formula is C35H43F2N5O2. The van der Waals surface area contributed by atoms with Gasteiger partial charge in [0.25, 0.3) is 0 Å². The Labute approximate surface area is 259 Å². The third-order valence-corrected chi connectivity index (χ3v) is 7.42. The second-order valence-corrected chi connectivity index (χ2v) is 10.4. The fraction of sp³-hybridized carbons (Fsp3) is 0.400. The number of para-hydroxylation sites is 1. The molecule has 0 radical (unpaired) electrons. The van der Waals surface area contributed by atoms with E-state index in [0.717, 1.165) is 60.1 Å². The Morgan fingerprint density at radius 1 is 1.02 bits per heavy atom. The number of methoxy groups -OCH3 is 1. The van der Waals surface area contributed by atoms with Gasteiger partial charge >= 0.3 is 0 Å². The molecule has 9 heteroatoms. The lowest BCUT2D eigenvalue weighted by Crippen LogP contribution is -2.31. The lowest BCUT2D eigenvalue weighted by Gasteiger charge is -2.32. The summed E-state index contributed by atoms with van der Waals surface area (Å²) >= 11 is 0. The molecule has 7 nitrogen and oxygen atoms in total. The largest absolute Gasteiger partial charge is 0.480 e. The number of allylic oxidation sites excluding steroid dienone is 6. The van der Waals surface area contributed by atoms with E-state index in [-0.39, 0.29) is 18.9 Å². The molecular weight excluding hydrogens is 560 g/mol. The molecule has 2 heterocycles. The van der Waals surface area contributed by atoms with Gasteiger partial charge in [0.1, 0.15) is 17.3 Å². The maximum absolute atomic E-state index is 14.6. The Bertz CT molecular complexity index is 1440. The van der Waals surface area contributed by atoms with Gasteiger partial charge in [-0.1, -0.05) is 38.1 Å². The number of nitrogens with zero attached hydrogens (tertiary/aromatic N) is 4. The Balaban J connectivity index is 1.88. The first-order valence-electron chi connectivity index (χ1n) is 15.5. The summed E-state index contributed by atoms with van der Waals surface area (Å²) in [6, 6.07) is 13.7. The third kappa shape index (κ3) is 8.50. The van der Waals surface area contributed by atoms with Gasteiger partial charge in [-0.25, -0.2) is 13.8 Å². The minimum atomic E-state index is -0.749. The minimum Gasteiger partial charge on any atom is -0.480 e. The fourth-order valence-corrected chi connectivity index (χ4v) is 5.20. The van der Waals surface area contributed by atoms with Gasteiger partial charge in [0, 0.05) is 43.8 Å². The summed E-state index contributed by atoms with van der Waals surface area (Å²) in [5.74, 6) is -1.00. The number of benzene rings is 1. The molecule has 44 heavy (non-hydrogen) atoms. The van der Waals surface area contributed by atoms with Crippen LogP contribution in [0.5, 0.6) is 5.88 Å². The van der Waals surface area contributed by atoms with Gasteiger partial charge in [-0.2, -0.15) is 0 Å². The average molecular weight is 604 g/mol. The lowest BCUT2D eigenvalue weighted by molar-refractivity contribution is 0.143. The van der Waals surface area contributed by atoms with Crippen molar-refractivity contribution in [2.24, 2.45) is 9.98 Å². The highest BCUT2D eigenvalue weighted by molar-refractivity contribution is 6.26. The highest BCUT2D eigenvalue weighted by Crippen LogP contribution is 2.32. The average Bonchev–Trinajstić information content (AvgIpc) is 3.33. The van der Waals surface area contributed by atoms with E-state index in [1.165, 1.54) is 0 Å². The van der Waals surface area contributed by atoms with Crippen molar-refractivity contribution in [1.82, 2.24) is 4.98 Å². The lowest BCUT2D eigenvalue weighted by atomic mass is 10.00. The van der Waals surface area contributed by atoms with Gasteiger partial charge in [-0.15, -0.1) is 0 Å². The standard InChI is InChI=1S/C35H43F2N5O2/c1-5-26(17-18-29(37)28(36)6-2)42(27-14-9-8-10-15-27)34-24-32(40-25-13-12-21-44-22-19-25)31(23-33(34)38-7-3)41-30-16-11-20-39-35(30)43-4/h8-11,14-17,20,23-25,41H,5-7,12-13,18-19,21-22H2,1-4H3/b26-17+,29-28-,38-33?,40-32?. The second-order valence-electron chi connectivity index (χ2n) is 10.4. The van der Waals surface area contributed by atoms with Crippen LogP contribution in [0.4, 0.5) is 20.2 Å². The predicted octanol–water partition coefficient (Wildman–Crippen LogP) is 8.51. The van der Waals surface area contributed by atoms with E-state index in [4.69, 9.17) is 19.5 Å². The summed E-state index contributed by atoms with van der Waals surface area (Å²) in [6.45, 7) is 7.55. The van der Waals surface area contributed by atoms with Crippen LogP contribution in [0.1, 0.15) is 59.3 Å². The van der Waals surface area contributed by atoms with Crippen molar-refractivity contribution in [3.8, 4) is 5.88 Å². The summed E-state index contributed by atoms with van der Waals surface area (Å²) in [5.41, 5.74) is 5.49. The van der Waals surface area contributed by atoms with Crippen LogP contribution in [0, 0.1) is 0 Å². The summed E-state index contributed by atoms with van der Waals surface area (Å²) < 4.78 is 39.9. The van der Waals surface area contributed by atoms with Crippen LogP contribution in [0.3, 0.4) is 0 Å². The number of aliphatic imine (C=N–C) groups is 2. The Kier molecular flexibility index (Phi) is 12.4. The molecule has 0 saturated carbocycles. The van der Waals surface area contributed by atoms with Gasteiger partial charge in [0.15, 0.2) is 0 Å². The van der Waals surface area contributed by atoms with Gasteiger partial charge < -0.3 is 19.7 Å². The molecule has 1 aromatic heterocycles. The Morgan fingerprint density at radius 3 is 2.57 bits per heavy atom. The molecule has 1 fully saturated rings. The second kappa shape index (κ2) is 16.7. The normalized spacial score (nSPS) is 20.0. The topological polar surface area (TPSA) is 71.3 Å². The molecule has 1 N–H and O–H groups in total. The molecule has 0 amide bonds. The molecule has 1 aliphatic carbocycles. The first kappa shape index (κ1) is 32.8. The molecule has 1 unspecified atom stereocenters. The number of pyridine rings is 1. The van der Waals surface area contributed by atoms with E-state index in [9.17, 15) is 8.78 Å². The van der Waals surface area contributed by atoms with Crippen molar-refractivity contribution < 1.29 is 18.3 Å². The smallest absolute Gasteiger partial charge is 0.237 e. The number of halogens is 2. The predicted molar refractivity (Wildman–Crippen MR) is 176 cm³/mol. The number of rotatable bonds is 12. The van der Waals surface area contributed by atoms with Crippen molar-refractivity contribution in [3.63, 3.8) is 0 Å². The number of hydrogen-bond donors (Lipinski definition) is 1. The first-order chi connectivity index (χ1) is 21.5. The van der Waals surface area contributed by atoms with Crippen LogP contribution in [0.15, 0.2) is 106 Å². The van der Waals surface area contributed by atoms with Crippen molar-refractivity contribution >= 4 is 22.8 Å². The molecule has 1 aromatic carbocycles. The molecule has 234 valence electrons. The van der Waals surface area contributed by atoms with Crippen LogP contribution in [-0.2, 0) is 4.74 Å². The molecule has 2 aliphatic rings. The van der Waals surface area contributed by atoms with Crippen LogP contribution < -0.4 is 15.0 Å². The van der Waals surface area contributed by atoms with Crippen molar-refractivity contribution in [3.05, 3.63) is 95.6 Å². The van der Waals surface area contributed by atoms with Crippen LogP contribution in [0.25, 0.3) is 0 Å². The van der Waals surface area contributed by atoms with Crippen molar-refractivity contribution in [2.75, 3.05) is 37.1 Å². The number of aromatic nitrogens is 1. The van der Waals surface area contributed by atoms with Gasteiger partial charge in [-0.3, -0.25) is 9.98 Å². The highest BCUT2D eigenvalue weighted by atomic mass is 19.2. The maximum atomic E-state index is 14.6. The Hall–Kier alpha value is -4.11. The van der Waals surface area contributed by atoms with E-state index in [0.29, 0.717) is 31.1 Å².